The minimum absolute atomic E-state index is 0.0900. The normalized spacial score (nSPS) is 20.9. The molecule has 1 saturated heterocycles. The average molecular weight is 222 g/mol. The second-order valence-electron chi connectivity index (χ2n) is 4.12. The summed E-state index contributed by atoms with van der Waals surface area (Å²) in [6, 6.07) is 6.14. The lowest BCUT2D eigenvalue weighted by atomic mass is 10.1. The highest BCUT2D eigenvalue weighted by Gasteiger charge is 2.21. The van der Waals surface area contributed by atoms with Crippen LogP contribution in [-0.4, -0.2) is 36.5 Å². The van der Waals surface area contributed by atoms with E-state index < -0.39 is 0 Å². The predicted molar refractivity (Wildman–Crippen MR) is 59.8 cm³/mol. The number of benzene rings is 1. The molecule has 1 aromatic carbocycles. The maximum atomic E-state index is 13.0. The van der Waals surface area contributed by atoms with Crippen LogP contribution in [0.5, 0.6) is 0 Å². The van der Waals surface area contributed by atoms with Gasteiger partial charge in [-0.15, -0.1) is 0 Å². The second-order valence-corrected chi connectivity index (χ2v) is 4.12. The summed E-state index contributed by atoms with van der Waals surface area (Å²) in [5.41, 5.74) is 0.425. The zero-order valence-electron chi connectivity index (χ0n) is 9.24. The molecule has 4 heteroatoms. The van der Waals surface area contributed by atoms with E-state index in [1.54, 1.807) is 17.0 Å². The standard InChI is InChI=1S/C12H15FN2O/c1-9-8-15(6-5-14-9)12(16)10-3-2-4-11(13)7-10/h2-4,7,9,14H,5-6,8H2,1H3/t9-/m1/s1. The molecule has 16 heavy (non-hydrogen) atoms. The Bertz CT molecular complexity index is 394. The number of hydrogen-bond acceptors (Lipinski definition) is 2. The molecule has 1 N–H and O–H groups in total. The third-order valence-electron chi connectivity index (χ3n) is 2.73. The zero-order chi connectivity index (χ0) is 11.5. The molecule has 1 aliphatic heterocycles. The third kappa shape index (κ3) is 2.39. The highest BCUT2D eigenvalue weighted by Crippen LogP contribution is 2.09. The van der Waals surface area contributed by atoms with Gasteiger partial charge in [0, 0.05) is 31.2 Å². The molecule has 1 heterocycles. The van der Waals surface area contributed by atoms with Crippen LogP contribution in [0, 0.1) is 5.82 Å². The Labute approximate surface area is 94.3 Å². The number of amides is 1. The van der Waals surface area contributed by atoms with Crippen LogP contribution < -0.4 is 5.32 Å². The SMILES string of the molecule is C[C@@H]1CN(C(=O)c2cccc(F)c2)CCN1. The van der Waals surface area contributed by atoms with E-state index in [1.807, 2.05) is 6.92 Å². The van der Waals surface area contributed by atoms with Gasteiger partial charge >= 0.3 is 0 Å². The maximum absolute atomic E-state index is 13.0. The molecule has 0 saturated carbocycles. The summed E-state index contributed by atoms with van der Waals surface area (Å²) < 4.78 is 13.0. The van der Waals surface area contributed by atoms with Gasteiger partial charge in [0.2, 0.25) is 0 Å². The fourth-order valence-corrected chi connectivity index (χ4v) is 1.92. The number of carbonyl (C=O) groups is 1. The van der Waals surface area contributed by atoms with Crippen LogP contribution >= 0.6 is 0 Å². The van der Waals surface area contributed by atoms with Gasteiger partial charge in [-0.3, -0.25) is 4.79 Å². The highest BCUT2D eigenvalue weighted by molar-refractivity contribution is 5.94. The lowest BCUT2D eigenvalue weighted by Crippen LogP contribution is -2.51. The number of piperazine rings is 1. The van der Waals surface area contributed by atoms with Crippen LogP contribution in [0.25, 0.3) is 0 Å². The van der Waals surface area contributed by atoms with E-state index >= 15 is 0 Å². The van der Waals surface area contributed by atoms with Gasteiger partial charge < -0.3 is 10.2 Å². The summed E-state index contributed by atoms with van der Waals surface area (Å²) in [6.45, 7) is 4.18. The van der Waals surface area contributed by atoms with Crippen LogP contribution in [0.4, 0.5) is 4.39 Å². The summed E-state index contributed by atoms with van der Waals surface area (Å²) in [6.07, 6.45) is 0. The topological polar surface area (TPSA) is 32.3 Å². The van der Waals surface area contributed by atoms with E-state index in [0.717, 1.165) is 6.54 Å². The Morgan fingerprint density at radius 1 is 1.56 bits per heavy atom. The minimum Gasteiger partial charge on any atom is -0.336 e. The first kappa shape index (κ1) is 11.1. The van der Waals surface area contributed by atoms with Gasteiger partial charge in [0.05, 0.1) is 0 Å². The monoisotopic (exact) mass is 222 g/mol. The summed E-state index contributed by atoms with van der Waals surface area (Å²) in [5.74, 6) is -0.457. The smallest absolute Gasteiger partial charge is 0.254 e. The molecule has 0 radical (unpaired) electrons. The van der Waals surface area contributed by atoms with Gasteiger partial charge in [-0.25, -0.2) is 4.39 Å². The van der Waals surface area contributed by atoms with E-state index in [9.17, 15) is 9.18 Å². The van der Waals surface area contributed by atoms with Gasteiger partial charge in [-0.05, 0) is 25.1 Å². The molecule has 1 aromatic rings. The van der Waals surface area contributed by atoms with Gasteiger partial charge in [0.1, 0.15) is 5.82 Å². The van der Waals surface area contributed by atoms with Crippen molar-refractivity contribution in [1.29, 1.82) is 0 Å². The molecule has 1 atom stereocenters. The van der Waals surface area contributed by atoms with Crippen molar-refractivity contribution in [2.45, 2.75) is 13.0 Å². The van der Waals surface area contributed by atoms with E-state index in [2.05, 4.69) is 5.32 Å². The first-order chi connectivity index (χ1) is 7.66. The highest BCUT2D eigenvalue weighted by atomic mass is 19.1. The molecule has 0 bridgehead atoms. The van der Waals surface area contributed by atoms with Crippen molar-refractivity contribution in [2.24, 2.45) is 0 Å². The van der Waals surface area contributed by atoms with Gasteiger partial charge in [-0.2, -0.15) is 0 Å². The predicted octanol–water partition coefficient (Wildman–Crippen LogP) is 1.26. The molecule has 0 spiro atoms. The van der Waals surface area contributed by atoms with Crippen molar-refractivity contribution in [3.63, 3.8) is 0 Å². The van der Waals surface area contributed by atoms with Crippen molar-refractivity contribution in [2.75, 3.05) is 19.6 Å². The lowest BCUT2D eigenvalue weighted by molar-refractivity contribution is 0.0708. The number of nitrogens with zero attached hydrogens (tertiary/aromatic N) is 1. The number of halogens is 1. The average Bonchev–Trinajstić information content (AvgIpc) is 2.28. The third-order valence-corrected chi connectivity index (χ3v) is 2.73. The van der Waals surface area contributed by atoms with Crippen molar-refractivity contribution < 1.29 is 9.18 Å². The summed E-state index contributed by atoms with van der Waals surface area (Å²) >= 11 is 0. The largest absolute Gasteiger partial charge is 0.336 e. The van der Waals surface area contributed by atoms with Crippen molar-refractivity contribution >= 4 is 5.91 Å². The van der Waals surface area contributed by atoms with E-state index in [-0.39, 0.29) is 11.7 Å². The molecule has 2 rings (SSSR count). The minimum atomic E-state index is -0.367. The number of nitrogens with one attached hydrogen (secondary N) is 1. The van der Waals surface area contributed by atoms with Crippen LogP contribution in [0.3, 0.4) is 0 Å². The molecule has 0 aliphatic carbocycles. The maximum Gasteiger partial charge on any atom is 0.254 e. The van der Waals surface area contributed by atoms with Crippen molar-refractivity contribution in [1.82, 2.24) is 10.2 Å². The van der Waals surface area contributed by atoms with Crippen LogP contribution in [0.2, 0.25) is 0 Å². The van der Waals surface area contributed by atoms with E-state index in [4.69, 9.17) is 0 Å². The van der Waals surface area contributed by atoms with Crippen molar-refractivity contribution in [3.05, 3.63) is 35.6 Å². The number of hydrogen-bond donors (Lipinski definition) is 1. The Kier molecular flexibility index (Phi) is 3.19. The van der Waals surface area contributed by atoms with Crippen LogP contribution in [0.15, 0.2) is 24.3 Å². The zero-order valence-corrected chi connectivity index (χ0v) is 9.24. The molecule has 1 amide bonds. The fourth-order valence-electron chi connectivity index (χ4n) is 1.92. The molecule has 1 fully saturated rings. The summed E-state index contributed by atoms with van der Waals surface area (Å²) in [7, 11) is 0. The summed E-state index contributed by atoms with van der Waals surface area (Å²) in [4.78, 5) is 13.8. The Hall–Kier alpha value is -1.42. The molecular weight excluding hydrogens is 207 g/mol. The van der Waals surface area contributed by atoms with Gasteiger partial charge in [-0.1, -0.05) is 6.07 Å². The van der Waals surface area contributed by atoms with Crippen LogP contribution in [0.1, 0.15) is 17.3 Å². The molecule has 1 aliphatic rings. The lowest BCUT2D eigenvalue weighted by Gasteiger charge is -2.31. The number of carbonyl (C=O) groups excluding carboxylic acids is 1. The quantitative estimate of drug-likeness (QED) is 0.776. The molecule has 3 nitrogen and oxygen atoms in total. The molecular formula is C12H15FN2O. The van der Waals surface area contributed by atoms with Gasteiger partial charge in [0.15, 0.2) is 0 Å². The molecule has 0 unspecified atom stereocenters. The van der Waals surface area contributed by atoms with Crippen LogP contribution in [-0.2, 0) is 0 Å². The summed E-state index contributed by atoms with van der Waals surface area (Å²) in [5, 5.41) is 3.26. The Morgan fingerprint density at radius 2 is 2.38 bits per heavy atom. The van der Waals surface area contributed by atoms with E-state index in [0.29, 0.717) is 24.7 Å². The molecule has 0 aromatic heterocycles. The van der Waals surface area contributed by atoms with E-state index in [1.165, 1.54) is 12.1 Å². The Morgan fingerprint density at radius 3 is 3.06 bits per heavy atom. The van der Waals surface area contributed by atoms with Crippen molar-refractivity contribution in [3.8, 4) is 0 Å². The Balaban J connectivity index is 2.12. The first-order valence-electron chi connectivity index (χ1n) is 5.45. The fraction of sp³-hybridized carbons (Fsp3) is 0.417. The molecule has 86 valence electrons. The van der Waals surface area contributed by atoms with Gasteiger partial charge in [0.25, 0.3) is 5.91 Å². The first-order valence-corrected chi connectivity index (χ1v) is 5.45. The second kappa shape index (κ2) is 4.61. The number of rotatable bonds is 1.